The molecule has 143 heavy (non-hydrogen) atoms. The van der Waals surface area contributed by atoms with Crippen LogP contribution in [0.25, 0.3) is 88.1 Å². The van der Waals surface area contributed by atoms with Gasteiger partial charge >= 0.3 is 0 Å². The van der Waals surface area contributed by atoms with Crippen LogP contribution in [0.3, 0.4) is 0 Å². The molecule has 7 saturated heterocycles. The zero-order valence-corrected chi connectivity index (χ0v) is 81.4. The molecule has 0 spiro atoms. The number of benzene rings is 5. The number of nitrogens with one attached hydrogen (secondary N) is 8. The molecule has 8 N–H and O–H groups in total. The summed E-state index contributed by atoms with van der Waals surface area (Å²) in [6.45, 7) is 22.8. The normalized spacial score (nSPS) is 16.1. The van der Waals surface area contributed by atoms with Gasteiger partial charge in [-0.15, -0.1) is 0 Å². The highest BCUT2D eigenvalue weighted by Gasteiger charge is 2.27. The molecule has 5 aromatic carbocycles. The molecule has 0 aliphatic carbocycles. The molecule has 0 atom stereocenters. The molecule has 732 valence electrons. The first kappa shape index (κ1) is 95.6. The quantitative estimate of drug-likeness (QED) is 0.0263. The second-order valence-electron chi connectivity index (χ2n) is 38.5. The molecule has 0 bridgehead atoms. The van der Waals surface area contributed by atoms with E-state index in [2.05, 4.69) is 172 Å². The number of anilines is 7. The predicted molar refractivity (Wildman–Crippen MR) is 563 cm³/mol. The van der Waals surface area contributed by atoms with Gasteiger partial charge in [-0.1, -0.05) is 36.4 Å². The first-order valence-corrected chi connectivity index (χ1v) is 50.1. The number of ether oxygens (including phenoxy) is 1. The summed E-state index contributed by atoms with van der Waals surface area (Å²) in [5, 5.41) is 44.1. The monoisotopic (exact) mass is 1920 g/mol. The van der Waals surface area contributed by atoms with Crippen LogP contribution in [0.4, 0.5) is 40.2 Å². The average Bonchev–Trinajstić information content (AvgIpc) is 1.69. The number of rotatable bonds is 25. The Morgan fingerprint density at radius 1 is 0.294 bits per heavy atom. The number of hydrogen-bond donors (Lipinski definition) is 8. The molecule has 0 saturated carbocycles. The van der Waals surface area contributed by atoms with Crippen molar-refractivity contribution in [2.75, 3.05) is 175 Å². The number of piperidine rings is 1. The molecule has 33 nitrogen and oxygen atoms in total. The number of aromatic nitrogens is 15. The molecule has 16 aromatic rings. The number of piperazine rings is 1. The lowest BCUT2D eigenvalue weighted by Crippen LogP contribution is -2.44. The van der Waals surface area contributed by atoms with E-state index in [0.29, 0.717) is 53.1 Å². The van der Waals surface area contributed by atoms with Crippen LogP contribution in [-0.2, 0) is 37.5 Å². The van der Waals surface area contributed by atoms with E-state index in [1.165, 1.54) is 98.4 Å². The molecule has 7 aliphatic heterocycles. The molecule has 0 radical (unpaired) electrons. The van der Waals surface area contributed by atoms with Crippen molar-refractivity contribution >= 4 is 107 Å². The van der Waals surface area contributed by atoms with Crippen LogP contribution >= 0.6 is 0 Å². The van der Waals surface area contributed by atoms with Gasteiger partial charge in [0, 0.05) is 184 Å². The number of likely N-dealkylation sites (N-methyl/N-ethyl adjacent to an activating group) is 1. The number of nitrogens with zero attached hydrogens (tertiary/aromatic N) is 20. The third-order valence-corrected chi connectivity index (χ3v) is 27.6. The Kier molecular flexibility index (Phi) is 30.3. The zero-order valence-electron chi connectivity index (χ0n) is 81.4. The van der Waals surface area contributed by atoms with Crippen molar-refractivity contribution in [3.8, 4) is 44.5 Å². The number of hydrogen-bond acceptors (Lipinski definition) is 25. The summed E-state index contributed by atoms with van der Waals surface area (Å²) in [5.74, 6) is 1.74. The summed E-state index contributed by atoms with van der Waals surface area (Å²) in [5.41, 5.74) is 21.7. The van der Waals surface area contributed by atoms with Crippen molar-refractivity contribution in [2.24, 2.45) is 0 Å². The fourth-order valence-electron chi connectivity index (χ4n) is 19.9. The van der Waals surface area contributed by atoms with Crippen molar-refractivity contribution < 1.29 is 23.9 Å². The summed E-state index contributed by atoms with van der Waals surface area (Å²) in [4.78, 5) is 105. The van der Waals surface area contributed by atoms with Crippen molar-refractivity contribution in [2.45, 2.75) is 103 Å². The van der Waals surface area contributed by atoms with E-state index in [4.69, 9.17) is 4.74 Å². The number of likely N-dealkylation sites (tertiary alicyclic amines) is 4. The number of H-pyrrole nitrogens is 4. The highest BCUT2D eigenvalue weighted by atomic mass is 16.5. The Balaban J connectivity index is 0.000000117. The maximum Gasteiger partial charge on any atom is 0.276 e. The van der Waals surface area contributed by atoms with Gasteiger partial charge in [-0.2, -0.15) is 20.4 Å². The molecule has 11 aromatic heterocycles. The van der Waals surface area contributed by atoms with Crippen LogP contribution in [0.2, 0.25) is 0 Å². The SMILES string of the molecule is CN(C)Cc1ccc(NC(=O)c2n[nH]c3ccc(-c4cncc(CN5CCCC5)c4)cc23)cc1.CN1CCN(c2ccc(NC(=O)c3n[nH]c4ccc(-c5cncc(CN6CCCC6)c5)cc34)cn2)CC1.O=C(Nc1ccc(N2CCCCC2)nc1)c1n[nH]c2ccc(-c3cncc(CN4CCCC4)c3)cc12.O=C(Nc1ccc(N2CCOCC2)nc1)c1n[nH]c2ccc(-c3cncc(CN4CCCC4)c3)cc12. The first-order valence-electron chi connectivity index (χ1n) is 50.1. The fraction of sp³-hybridized carbons (Fsp3) is 0.336. The van der Waals surface area contributed by atoms with Gasteiger partial charge in [0.1, 0.15) is 17.5 Å². The summed E-state index contributed by atoms with van der Waals surface area (Å²) in [7, 11) is 6.20. The lowest BCUT2D eigenvalue weighted by Gasteiger charge is -2.33. The van der Waals surface area contributed by atoms with Crippen molar-refractivity contribution in [3.63, 3.8) is 0 Å². The number of pyridine rings is 7. The lowest BCUT2D eigenvalue weighted by molar-refractivity contribution is 0.101. The van der Waals surface area contributed by atoms with E-state index in [1.807, 2.05) is 197 Å². The van der Waals surface area contributed by atoms with Crippen molar-refractivity contribution in [1.82, 2.24) is 105 Å². The molecular weight excluding hydrogens is 1790 g/mol. The molecule has 18 heterocycles. The smallest absolute Gasteiger partial charge is 0.276 e. The Bertz CT molecular complexity index is 6850. The van der Waals surface area contributed by atoms with Crippen LogP contribution < -0.4 is 36.0 Å². The lowest BCUT2D eigenvalue weighted by atomic mass is 10.0. The standard InChI is InChI=1S/C28H32N8O.C28H31N7O.C27H29N7O2.C27H30N6O/c1-34-10-12-36(13-11-34)26-7-5-23(18-30-26)31-28(37)27-24-15-21(4-6-25(24)32-33-27)22-14-20(16-29-17-22)19-35-8-2-3-9-35;36-28(31-23-7-9-26(30-18-23)35-12-2-1-3-13-35)27-24-15-21(6-8-25(24)32-33-27)22-14-20(16-29-17-22)19-34-10-4-5-11-34;35-27(30-22-4-6-25(29-17-22)34-9-11-36-12-10-34)26-23-14-20(3-5-24(23)31-32-26)21-13-19(15-28-16-21)18-33-7-1-2-8-33;1-32(2)17-19-5-8-23(9-6-19)29-27(34)26-24-14-21(7-10-25(24)30-31-26)22-13-20(15-28-16-22)18-33-11-3-4-12-33/h4-7,14-18H,2-3,8-13,19H2,1H3,(H,31,37)(H,32,33);6-9,14-18H,1-5,10-13,19H2,(H,31,36)(H,32,33);3-6,13-17H,1-2,7-12,18H2,(H,30,35)(H,31,32);5-10,13-16H,3-4,11-12,17-18H2,1-2H3,(H,29,34)(H,30,31). The van der Waals surface area contributed by atoms with Gasteiger partial charge in [-0.05, 0) is 316 Å². The molecule has 7 fully saturated rings. The van der Waals surface area contributed by atoms with Gasteiger partial charge in [0.25, 0.3) is 23.6 Å². The van der Waals surface area contributed by atoms with Gasteiger partial charge in [0.05, 0.1) is 70.9 Å². The highest BCUT2D eigenvalue weighted by molar-refractivity contribution is 6.15. The van der Waals surface area contributed by atoms with Gasteiger partial charge in [-0.25, -0.2) is 15.0 Å². The number of carbonyl (C=O) groups is 4. The number of morpholine rings is 1. The molecule has 7 aliphatic rings. The number of aromatic amines is 4. The predicted octanol–water partition coefficient (Wildman–Crippen LogP) is 16.7. The molecule has 0 unspecified atom stereocenters. The van der Waals surface area contributed by atoms with Crippen LogP contribution in [0.1, 0.15) is 140 Å². The zero-order chi connectivity index (χ0) is 97.3. The second-order valence-corrected chi connectivity index (χ2v) is 38.5. The fourth-order valence-corrected chi connectivity index (χ4v) is 19.9. The molecule has 33 heteroatoms. The number of amides is 4. The topological polar surface area (TPSA) is 360 Å². The second kappa shape index (κ2) is 45.3. The summed E-state index contributed by atoms with van der Waals surface area (Å²) in [6.07, 6.45) is 34.2. The van der Waals surface area contributed by atoms with E-state index in [-0.39, 0.29) is 23.6 Å². The first-order chi connectivity index (χ1) is 70.1. The van der Waals surface area contributed by atoms with Gasteiger partial charge < -0.3 is 50.5 Å². The third-order valence-electron chi connectivity index (χ3n) is 27.6. The Labute approximate surface area is 831 Å². The minimum atomic E-state index is -0.278. The largest absolute Gasteiger partial charge is 0.378 e. The Morgan fingerprint density at radius 2 is 0.580 bits per heavy atom. The van der Waals surface area contributed by atoms with E-state index >= 15 is 0 Å². The maximum atomic E-state index is 13.2. The van der Waals surface area contributed by atoms with E-state index in [1.54, 1.807) is 18.6 Å². The Hall–Kier alpha value is -15.0. The molecule has 23 rings (SSSR count). The summed E-state index contributed by atoms with van der Waals surface area (Å²) >= 11 is 0. The number of fused-ring (bicyclic) bond motifs is 4. The molecular formula is C110H122N28O5. The van der Waals surface area contributed by atoms with E-state index < -0.39 is 0 Å². The van der Waals surface area contributed by atoms with Gasteiger partial charge in [-0.3, -0.25) is 79.1 Å². The van der Waals surface area contributed by atoms with Gasteiger partial charge in [0.2, 0.25) is 0 Å². The summed E-state index contributed by atoms with van der Waals surface area (Å²) in [6, 6.07) is 52.3. The van der Waals surface area contributed by atoms with E-state index in [0.717, 1.165) is 249 Å². The third kappa shape index (κ3) is 24.1. The highest BCUT2D eigenvalue weighted by Crippen LogP contribution is 2.35. The van der Waals surface area contributed by atoms with Gasteiger partial charge in [0.15, 0.2) is 22.8 Å². The summed E-state index contributed by atoms with van der Waals surface area (Å²) < 4.78 is 5.40. The average molecular weight is 1920 g/mol. The number of carbonyl (C=O) groups excluding carboxylic acids is 4. The van der Waals surface area contributed by atoms with E-state index in [9.17, 15) is 19.2 Å². The van der Waals surface area contributed by atoms with Crippen LogP contribution in [0.5, 0.6) is 0 Å². The Morgan fingerprint density at radius 3 is 0.881 bits per heavy atom. The molecule has 4 amide bonds. The minimum Gasteiger partial charge on any atom is -0.378 e. The maximum absolute atomic E-state index is 13.2. The van der Waals surface area contributed by atoms with Crippen molar-refractivity contribution in [3.05, 3.63) is 276 Å². The van der Waals surface area contributed by atoms with Crippen LogP contribution in [-0.4, -0.2) is 268 Å². The minimum absolute atomic E-state index is 0.232. The van der Waals surface area contributed by atoms with Crippen LogP contribution in [0.15, 0.2) is 226 Å². The van der Waals surface area contributed by atoms with Crippen molar-refractivity contribution in [1.29, 1.82) is 0 Å². The van der Waals surface area contributed by atoms with Crippen LogP contribution in [0, 0.1) is 0 Å².